The lowest BCUT2D eigenvalue weighted by molar-refractivity contribution is -0.193. The molecule has 1 aromatic heterocycles. The third kappa shape index (κ3) is 2.57. The minimum absolute atomic E-state index is 0.128. The third-order valence-corrected chi connectivity index (χ3v) is 4.15. The lowest BCUT2D eigenvalue weighted by atomic mass is 10.1. The number of para-hydroxylation sites is 1. The largest absolute Gasteiger partial charge is 0.483 e. The summed E-state index contributed by atoms with van der Waals surface area (Å²) in [6, 6.07) is 9.40. The van der Waals surface area contributed by atoms with Gasteiger partial charge in [-0.25, -0.2) is 4.63 Å². The van der Waals surface area contributed by atoms with Crippen LogP contribution in [-0.2, 0) is 11.3 Å². The number of fused-ring (bicyclic) bond motifs is 2. The first-order valence-corrected chi connectivity index (χ1v) is 7.78. The van der Waals surface area contributed by atoms with Crippen molar-refractivity contribution in [3.8, 4) is 5.75 Å². The summed E-state index contributed by atoms with van der Waals surface area (Å²) >= 11 is 0. The summed E-state index contributed by atoms with van der Waals surface area (Å²) in [6.45, 7) is 1.31. The van der Waals surface area contributed by atoms with Crippen molar-refractivity contribution >= 4 is 22.6 Å². The van der Waals surface area contributed by atoms with Gasteiger partial charge in [0.2, 0.25) is 0 Å². The highest BCUT2D eigenvalue weighted by molar-refractivity contribution is 6.01. The molecule has 0 radical (unpaired) electrons. The van der Waals surface area contributed by atoms with Gasteiger partial charge in [0.1, 0.15) is 11.0 Å². The molecule has 0 saturated carbocycles. The van der Waals surface area contributed by atoms with E-state index in [0.29, 0.717) is 16.6 Å². The fraction of sp³-hybridized carbons (Fsp3) is 0.235. The molecule has 0 fully saturated rings. The highest BCUT2D eigenvalue weighted by atomic mass is 19.3. The Hall–Kier alpha value is -3.07. The zero-order valence-electron chi connectivity index (χ0n) is 13.5. The number of nitrogens with zero attached hydrogens (tertiary/aromatic N) is 3. The van der Waals surface area contributed by atoms with Crippen LogP contribution in [0.4, 0.5) is 14.5 Å². The monoisotopic (exact) mass is 361 g/mol. The van der Waals surface area contributed by atoms with Gasteiger partial charge < -0.3 is 9.84 Å². The summed E-state index contributed by atoms with van der Waals surface area (Å²) in [5.74, 6) is -1.69. The first-order valence-electron chi connectivity index (χ1n) is 7.78. The van der Waals surface area contributed by atoms with E-state index < -0.39 is 18.1 Å². The van der Waals surface area contributed by atoms with Crippen molar-refractivity contribution in [1.82, 2.24) is 10.3 Å². The van der Waals surface area contributed by atoms with Crippen molar-refractivity contribution in [3.05, 3.63) is 47.5 Å². The lowest BCUT2D eigenvalue weighted by Gasteiger charge is -2.35. The number of anilines is 1. The van der Waals surface area contributed by atoms with Crippen LogP contribution in [0.3, 0.4) is 0 Å². The Labute approximate surface area is 145 Å². The van der Waals surface area contributed by atoms with Crippen molar-refractivity contribution in [1.29, 1.82) is 0 Å². The van der Waals surface area contributed by atoms with E-state index in [1.165, 1.54) is 19.1 Å². The van der Waals surface area contributed by atoms with Gasteiger partial charge in [-0.2, -0.15) is 8.78 Å². The third-order valence-electron chi connectivity index (χ3n) is 4.15. The average Bonchev–Trinajstić information content (AvgIpc) is 3.05. The van der Waals surface area contributed by atoms with E-state index >= 15 is 0 Å². The van der Waals surface area contributed by atoms with Gasteiger partial charge in [-0.15, -0.1) is 0 Å². The van der Waals surface area contributed by atoms with E-state index in [1.807, 2.05) is 0 Å². The number of rotatable bonds is 3. The topological polar surface area (TPSA) is 88.7 Å². The van der Waals surface area contributed by atoms with Crippen molar-refractivity contribution in [2.24, 2.45) is 0 Å². The number of carbonyl (C=O) groups is 1. The molecule has 0 unspecified atom stereocenters. The molecule has 1 aliphatic rings. The van der Waals surface area contributed by atoms with Crippen LogP contribution in [0, 0.1) is 0 Å². The first-order chi connectivity index (χ1) is 12.4. The van der Waals surface area contributed by atoms with Crippen LogP contribution in [-0.4, -0.2) is 27.4 Å². The molecule has 1 atom stereocenters. The van der Waals surface area contributed by atoms with Crippen LogP contribution in [0.1, 0.15) is 24.2 Å². The van der Waals surface area contributed by atoms with Crippen molar-refractivity contribution < 1.29 is 28.0 Å². The van der Waals surface area contributed by atoms with Crippen LogP contribution in [0.25, 0.3) is 11.0 Å². The molecule has 2 aromatic carbocycles. The van der Waals surface area contributed by atoms with Crippen molar-refractivity contribution in [2.75, 3.05) is 4.90 Å². The number of hydrogen-bond donors (Lipinski definition) is 1. The van der Waals surface area contributed by atoms with E-state index in [1.54, 1.807) is 24.3 Å². The Morgan fingerprint density at radius 2 is 2.00 bits per heavy atom. The molecule has 26 heavy (non-hydrogen) atoms. The fourth-order valence-electron chi connectivity index (χ4n) is 2.90. The van der Waals surface area contributed by atoms with Crippen LogP contribution < -0.4 is 9.64 Å². The molecule has 9 heteroatoms. The number of alkyl halides is 2. The van der Waals surface area contributed by atoms with Gasteiger partial charge in [0, 0.05) is 5.56 Å². The van der Waals surface area contributed by atoms with Gasteiger partial charge >= 0.3 is 12.0 Å². The molecule has 3 aromatic rings. The Morgan fingerprint density at radius 3 is 2.77 bits per heavy atom. The molecular weight excluding hydrogens is 348 g/mol. The molecule has 0 saturated heterocycles. The molecule has 7 nitrogen and oxygen atoms in total. The molecular formula is C17H13F2N3O4. The second-order valence-electron chi connectivity index (χ2n) is 5.97. The molecule has 0 bridgehead atoms. The minimum Gasteiger partial charge on any atom is -0.423 e. The molecule has 134 valence electrons. The normalized spacial score (nSPS) is 17.1. The number of aliphatic hydroxyl groups is 1. The molecule has 2 heterocycles. The van der Waals surface area contributed by atoms with Crippen molar-refractivity contribution in [2.45, 2.75) is 25.7 Å². The Balaban J connectivity index is 1.79. The SMILES string of the molecule is C[C@H](O)c1cccc2c1OC(F)(F)C(=O)N2Cc1ccc2nonc2c1. The van der Waals surface area contributed by atoms with Gasteiger partial charge in [-0.05, 0) is 41.0 Å². The predicted molar refractivity (Wildman–Crippen MR) is 85.6 cm³/mol. The molecule has 0 spiro atoms. The number of aliphatic hydroxyl groups excluding tert-OH is 1. The summed E-state index contributed by atoms with van der Waals surface area (Å²) in [6.07, 6.45) is -5.06. The van der Waals surface area contributed by atoms with E-state index in [-0.39, 0.29) is 23.5 Å². The molecule has 1 aliphatic heterocycles. The van der Waals surface area contributed by atoms with Crippen LogP contribution in [0.2, 0.25) is 0 Å². The quantitative estimate of drug-likeness (QED) is 0.772. The molecule has 0 aliphatic carbocycles. The number of halogens is 2. The maximum atomic E-state index is 14.1. The number of ether oxygens (including phenoxy) is 1. The van der Waals surface area contributed by atoms with Gasteiger partial charge in [0.15, 0.2) is 5.75 Å². The van der Waals surface area contributed by atoms with Gasteiger partial charge in [0.05, 0.1) is 18.3 Å². The van der Waals surface area contributed by atoms with E-state index in [0.717, 1.165) is 4.90 Å². The van der Waals surface area contributed by atoms with Crippen LogP contribution >= 0.6 is 0 Å². The van der Waals surface area contributed by atoms with Crippen molar-refractivity contribution in [3.63, 3.8) is 0 Å². The van der Waals surface area contributed by atoms with E-state index in [2.05, 4.69) is 19.7 Å². The second kappa shape index (κ2) is 5.73. The zero-order chi connectivity index (χ0) is 18.5. The number of hydrogen-bond acceptors (Lipinski definition) is 6. The number of benzene rings is 2. The number of aromatic nitrogens is 2. The summed E-state index contributed by atoms with van der Waals surface area (Å²) in [4.78, 5) is 13.2. The maximum Gasteiger partial charge on any atom is 0.483 e. The minimum atomic E-state index is -4.03. The second-order valence-corrected chi connectivity index (χ2v) is 5.97. The first kappa shape index (κ1) is 16.4. The Morgan fingerprint density at radius 1 is 1.23 bits per heavy atom. The summed E-state index contributed by atoms with van der Waals surface area (Å²) < 4.78 is 37.5. The van der Waals surface area contributed by atoms with Gasteiger partial charge in [0.25, 0.3) is 0 Å². The highest BCUT2D eigenvalue weighted by Crippen LogP contribution is 2.44. The van der Waals surface area contributed by atoms with E-state index in [9.17, 15) is 18.7 Å². The Kier molecular flexibility index (Phi) is 3.62. The molecule has 4 rings (SSSR count). The molecule has 1 amide bonds. The zero-order valence-corrected chi connectivity index (χ0v) is 13.5. The average molecular weight is 361 g/mol. The number of carbonyl (C=O) groups excluding carboxylic acids is 1. The lowest BCUT2D eigenvalue weighted by Crippen LogP contribution is -2.50. The van der Waals surface area contributed by atoms with Crippen LogP contribution in [0.15, 0.2) is 41.0 Å². The van der Waals surface area contributed by atoms with Crippen LogP contribution in [0.5, 0.6) is 5.75 Å². The van der Waals surface area contributed by atoms with Gasteiger partial charge in [-0.3, -0.25) is 9.69 Å². The molecule has 1 N–H and O–H groups in total. The summed E-state index contributed by atoms with van der Waals surface area (Å²) in [7, 11) is 0. The number of amides is 1. The smallest absolute Gasteiger partial charge is 0.423 e. The Bertz CT molecular complexity index is 1000. The summed E-state index contributed by atoms with van der Waals surface area (Å²) in [5, 5.41) is 17.2. The fourth-order valence-corrected chi connectivity index (χ4v) is 2.90. The standard InChI is InChI=1S/C17H13F2N3O4/c1-9(23)11-3-2-4-14-15(11)25-17(18,19)16(24)22(14)8-10-5-6-12-13(7-10)21-26-20-12/h2-7,9,23H,8H2,1H3/t9-/m0/s1. The maximum absolute atomic E-state index is 14.1. The predicted octanol–water partition coefficient (Wildman–Crippen LogP) is 2.79. The highest BCUT2D eigenvalue weighted by Gasteiger charge is 2.51. The summed E-state index contributed by atoms with van der Waals surface area (Å²) in [5.41, 5.74) is 1.87. The van der Waals surface area contributed by atoms with E-state index in [4.69, 9.17) is 0 Å². The van der Waals surface area contributed by atoms with Gasteiger partial charge in [-0.1, -0.05) is 18.2 Å².